The van der Waals surface area contributed by atoms with Crippen molar-refractivity contribution >= 4 is 17.6 Å². The minimum atomic E-state index is -0.463. The van der Waals surface area contributed by atoms with Crippen LogP contribution in [0.25, 0.3) is 0 Å². The van der Waals surface area contributed by atoms with E-state index in [4.69, 9.17) is 4.74 Å². The second kappa shape index (κ2) is 12.3. The Bertz CT molecular complexity index is 802. The molecule has 0 spiro atoms. The summed E-state index contributed by atoms with van der Waals surface area (Å²) >= 11 is 0. The van der Waals surface area contributed by atoms with Gasteiger partial charge in [-0.25, -0.2) is 0 Å². The molecule has 0 bridgehead atoms. The van der Waals surface area contributed by atoms with Crippen molar-refractivity contribution in [3.05, 3.63) is 35.4 Å². The number of hydrogen-bond donors (Lipinski definition) is 2. The number of rotatable bonds is 9. The SMILES string of the molecule is CC(=O)[C@H](CC(C)C)NC(=O)[C@@H]1CCCC[C@@H]1NC(=O)c1ccc(CN2CCOCC2)cc1. The van der Waals surface area contributed by atoms with E-state index in [1.807, 2.05) is 38.1 Å². The van der Waals surface area contributed by atoms with E-state index < -0.39 is 6.04 Å². The van der Waals surface area contributed by atoms with E-state index in [1.54, 1.807) is 0 Å². The summed E-state index contributed by atoms with van der Waals surface area (Å²) in [6.45, 7) is 9.84. The van der Waals surface area contributed by atoms with Crippen molar-refractivity contribution in [3.63, 3.8) is 0 Å². The fraction of sp³-hybridized carbons (Fsp3) is 0.654. The zero-order chi connectivity index (χ0) is 23.8. The largest absolute Gasteiger partial charge is 0.379 e. The highest BCUT2D eigenvalue weighted by Crippen LogP contribution is 2.25. The lowest BCUT2D eigenvalue weighted by Gasteiger charge is -2.32. The molecule has 2 amide bonds. The molecule has 1 saturated heterocycles. The van der Waals surface area contributed by atoms with Gasteiger partial charge in [0.25, 0.3) is 5.91 Å². The molecule has 7 heteroatoms. The number of ketones is 1. The summed E-state index contributed by atoms with van der Waals surface area (Å²) in [5, 5.41) is 6.05. The van der Waals surface area contributed by atoms with Gasteiger partial charge in [-0.15, -0.1) is 0 Å². The number of nitrogens with zero attached hydrogens (tertiary/aromatic N) is 1. The monoisotopic (exact) mass is 457 g/mol. The number of morpholine rings is 1. The summed E-state index contributed by atoms with van der Waals surface area (Å²) < 4.78 is 5.40. The summed E-state index contributed by atoms with van der Waals surface area (Å²) in [7, 11) is 0. The first-order valence-electron chi connectivity index (χ1n) is 12.3. The lowest BCUT2D eigenvalue weighted by molar-refractivity contribution is -0.131. The van der Waals surface area contributed by atoms with E-state index >= 15 is 0 Å². The van der Waals surface area contributed by atoms with Crippen LogP contribution in [-0.4, -0.2) is 60.9 Å². The maximum Gasteiger partial charge on any atom is 0.251 e. The molecule has 1 aliphatic heterocycles. The van der Waals surface area contributed by atoms with Gasteiger partial charge in [0.15, 0.2) is 5.78 Å². The molecule has 7 nitrogen and oxygen atoms in total. The van der Waals surface area contributed by atoms with Crippen LogP contribution in [0.1, 0.15) is 68.8 Å². The van der Waals surface area contributed by atoms with Crippen LogP contribution in [0.15, 0.2) is 24.3 Å². The van der Waals surface area contributed by atoms with Crippen LogP contribution in [0.2, 0.25) is 0 Å². The molecule has 0 aromatic heterocycles. The zero-order valence-electron chi connectivity index (χ0n) is 20.3. The summed E-state index contributed by atoms with van der Waals surface area (Å²) in [5.41, 5.74) is 1.77. The predicted molar refractivity (Wildman–Crippen MR) is 128 cm³/mol. The van der Waals surface area contributed by atoms with Gasteiger partial charge in [0.2, 0.25) is 5.91 Å². The quantitative estimate of drug-likeness (QED) is 0.595. The van der Waals surface area contributed by atoms with Crippen molar-refractivity contribution in [1.29, 1.82) is 0 Å². The normalized spacial score (nSPS) is 22.5. The summed E-state index contributed by atoms with van der Waals surface area (Å²) in [6.07, 6.45) is 4.06. The van der Waals surface area contributed by atoms with E-state index in [-0.39, 0.29) is 29.6 Å². The molecule has 1 heterocycles. The molecule has 0 radical (unpaired) electrons. The van der Waals surface area contributed by atoms with E-state index in [2.05, 4.69) is 15.5 Å². The lowest BCUT2D eigenvalue weighted by atomic mass is 9.83. The molecule has 3 atom stereocenters. The third-order valence-electron chi connectivity index (χ3n) is 6.66. The van der Waals surface area contributed by atoms with E-state index in [0.717, 1.165) is 58.5 Å². The molecule has 1 aliphatic carbocycles. The molecule has 0 unspecified atom stereocenters. The lowest BCUT2D eigenvalue weighted by Crippen LogP contribution is -2.51. The van der Waals surface area contributed by atoms with E-state index in [9.17, 15) is 14.4 Å². The Morgan fingerprint density at radius 2 is 1.73 bits per heavy atom. The number of hydrogen-bond acceptors (Lipinski definition) is 5. The molecule has 1 saturated carbocycles. The Hall–Kier alpha value is -2.25. The van der Waals surface area contributed by atoms with Crippen molar-refractivity contribution in [2.45, 2.75) is 71.5 Å². The second-order valence-electron chi connectivity index (χ2n) is 9.86. The van der Waals surface area contributed by atoms with Crippen LogP contribution in [0.3, 0.4) is 0 Å². The van der Waals surface area contributed by atoms with Gasteiger partial charge in [-0.05, 0) is 49.8 Å². The summed E-state index contributed by atoms with van der Waals surface area (Å²) in [6, 6.07) is 7.03. The third kappa shape index (κ3) is 7.64. The van der Waals surface area contributed by atoms with Gasteiger partial charge in [-0.3, -0.25) is 19.3 Å². The number of nitrogens with one attached hydrogen (secondary N) is 2. The van der Waals surface area contributed by atoms with Gasteiger partial charge >= 0.3 is 0 Å². The van der Waals surface area contributed by atoms with Crippen molar-refractivity contribution in [2.75, 3.05) is 26.3 Å². The Labute approximate surface area is 197 Å². The van der Waals surface area contributed by atoms with Gasteiger partial charge in [0.1, 0.15) is 0 Å². The minimum Gasteiger partial charge on any atom is -0.379 e. The van der Waals surface area contributed by atoms with Crippen LogP contribution in [0.4, 0.5) is 0 Å². The van der Waals surface area contributed by atoms with Gasteiger partial charge < -0.3 is 15.4 Å². The maximum atomic E-state index is 13.0. The number of Topliss-reactive ketones (excluding diaryl/α,β-unsaturated/α-hetero) is 1. The Morgan fingerprint density at radius 1 is 1.06 bits per heavy atom. The van der Waals surface area contributed by atoms with Crippen LogP contribution in [0, 0.1) is 11.8 Å². The Morgan fingerprint density at radius 3 is 2.36 bits per heavy atom. The number of ether oxygens (including phenoxy) is 1. The third-order valence-corrected chi connectivity index (χ3v) is 6.66. The standard InChI is InChI=1S/C26H39N3O4/c1-18(2)16-24(19(3)30)28-26(32)22-6-4-5-7-23(22)27-25(31)21-10-8-20(9-11-21)17-29-12-14-33-15-13-29/h8-11,18,22-24H,4-7,12-17H2,1-3H3,(H,27,31)(H,28,32)/t22-,23+,24+/m1/s1. The van der Waals surface area contributed by atoms with Crippen LogP contribution in [0.5, 0.6) is 0 Å². The summed E-state index contributed by atoms with van der Waals surface area (Å²) in [5.74, 6) is -0.292. The predicted octanol–water partition coefficient (Wildman–Crippen LogP) is 2.93. The fourth-order valence-corrected chi connectivity index (χ4v) is 4.72. The molecule has 2 fully saturated rings. The van der Waals surface area contributed by atoms with Crippen LogP contribution >= 0.6 is 0 Å². The molecule has 1 aromatic rings. The zero-order valence-corrected chi connectivity index (χ0v) is 20.3. The van der Waals surface area contributed by atoms with Crippen LogP contribution < -0.4 is 10.6 Å². The molecule has 182 valence electrons. The minimum absolute atomic E-state index is 0.0226. The average molecular weight is 458 g/mol. The average Bonchev–Trinajstić information content (AvgIpc) is 2.79. The highest BCUT2D eigenvalue weighted by Gasteiger charge is 2.33. The van der Waals surface area contributed by atoms with Crippen molar-refractivity contribution < 1.29 is 19.1 Å². The molecular weight excluding hydrogens is 418 g/mol. The highest BCUT2D eigenvalue weighted by atomic mass is 16.5. The van der Waals surface area contributed by atoms with Crippen LogP contribution in [-0.2, 0) is 20.9 Å². The maximum absolute atomic E-state index is 13.0. The van der Waals surface area contributed by atoms with Crippen molar-refractivity contribution in [2.24, 2.45) is 11.8 Å². The number of carbonyl (C=O) groups is 3. The molecule has 1 aromatic carbocycles. The number of amides is 2. The molecular formula is C26H39N3O4. The first-order valence-corrected chi connectivity index (χ1v) is 12.3. The first kappa shape index (κ1) is 25.4. The van der Waals surface area contributed by atoms with Crippen molar-refractivity contribution in [3.8, 4) is 0 Å². The van der Waals surface area contributed by atoms with Crippen molar-refractivity contribution in [1.82, 2.24) is 15.5 Å². The number of carbonyl (C=O) groups excluding carboxylic acids is 3. The van der Waals surface area contributed by atoms with Gasteiger partial charge in [-0.1, -0.05) is 38.8 Å². The molecule has 33 heavy (non-hydrogen) atoms. The summed E-state index contributed by atoms with van der Waals surface area (Å²) in [4.78, 5) is 40.3. The molecule has 2 N–H and O–H groups in total. The van der Waals surface area contributed by atoms with E-state index in [0.29, 0.717) is 17.9 Å². The smallest absolute Gasteiger partial charge is 0.251 e. The Balaban J connectivity index is 1.58. The fourth-order valence-electron chi connectivity index (χ4n) is 4.72. The topological polar surface area (TPSA) is 87.7 Å². The van der Waals surface area contributed by atoms with Gasteiger partial charge in [0.05, 0.1) is 25.2 Å². The molecule has 3 rings (SSSR count). The molecule has 2 aliphatic rings. The Kier molecular flexibility index (Phi) is 9.44. The highest BCUT2D eigenvalue weighted by molar-refractivity contribution is 5.95. The number of benzene rings is 1. The van der Waals surface area contributed by atoms with E-state index in [1.165, 1.54) is 12.5 Å². The first-order chi connectivity index (χ1) is 15.8. The van der Waals surface area contributed by atoms with Gasteiger partial charge in [0, 0.05) is 31.2 Å². The van der Waals surface area contributed by atoms with Gasteiger partial charge in [-0.2, -0.15) is 0 Å². The second-order valence-corrected chi connectivity index (χ2v) is 9.86.